The van der Waals surface area contributed by atoms with Gasteiger partial charge in [0.05, 0.1) is 22.2 Å². The van der Waals surface area contributed by atoms with E-state index in [4.69, 9.17) is 9.47 Å². The number of benzene rings is 2. The van der Waals surface area contributed by atoms with Crippen molar-refractivity contribution in [2.75, 3.05) is 20.2 Å². The van der Waals surface area contributed by atoms with Crippen molar-refractivity contribution in [2.24, 2.45) is 0 Å². The highest BCUT2D eigenvalue weighted by Crippen LogP contribution is 2.32. The van der Waals surface area contributed by atoms with E-state index in [1.165, 1.54) is 22.8 Å². The first-order valence-electron chi connectivity index (χ1n) is 9.14. The second-order valence-corrected chi connectivity index (χ2v) is 9.73. The summed E-state index contributed by atoms with van der Waals surface area (Å²) in [6.07, 6.45) is 1.24. The zero-order chi connectivity index (χ0) is 19.7. The summed E-state index contributed by atoms with van der Waals surface area (Å²) in [6.45, 7) is 2.88. The third kappa shape index (κ3) is 3.72. The number of piperidine rings is 1. The van der Waals surface area contributed by atoms with Gasteiger partial charge in [-0.1, -0.05) is 29.5 Å². The molecule has 1 aromatic heterocycles. The number of hydrogen-bond acceptors (Lipinski definition) is 6. The van der Waals surface area contributed by atoms with Crippen LogP contribution in [0.2, 0.25) is 0 Å². The Balaban J connectivity index is 1.43. The number of ether oxygens (including phenoxy) is 2. The Morgan fingerprint density at radius 2 is 1.89 bits per heavy atom. The Labute approximate surface area is 168 Å². The number of aromatic nitrogens is 1. The van der Waals surface area contributed by atoms with Crippen LogP contribution in [0.3, 0.4) is 0 Å². The quantitative estimate of drug-likeness (QED) is 0.630. The van der Waals surface area contributed by atoms with Gasteiger partial charge in [0, 0.05) is 19.2 Å². The van der Waals surface area contributed by atoms with Crippen LogP contribution < -0.4 is 9.47 Å². The zero-order valence-electron chi connectivity index (χ0n) is 15.8. The monoisotopic (exact) mass is 418 g/mol. The number of rotatable bonds is 5. The molecule has 1 aliphatic rings. The molecule has 1 aliphatic heterocycles. The molecule has 0 bridgehead atoms. The number of para-hydroxylation sites is 1. The van der Waals surface area contributed by atoms with Crippen LogP contribution in [-0.4, -0.2) is 44.0 Å². The number of methoxy groups -OCH3 is 1. The molecular formula is C20H22N2O4S2. The Bertz CT molecular complexity index is 1090. The Kier molecular flexibility index (Phi) is 5.27. The van der Waals surface area contributed by atoms with E-state index in [1.807, 2.05) is 25.1 Å². The average Bonchev–Trinajstić information content (AvgIpc) is 3.12. The summed E-state index contributed by atoms with van der Waals surface area (Å²) in [6, 6.07) is 12.7. The SMILES string of the molecule is COc1cccc(S(=O)(=O)N2CCC(Oc3nc4c(C)cccc4s3)CC2)c1. The highest BCUT2D eigenvalue weighted by atomic mass is 32.2. The van der Waals surface area contributed by atoms with Crippen molar-refractivity contribution in [1.82, 2.24) is 9.29 Å². The lowest BCUT2D eigenvalue weighted by Crippen LogP contribution is -2.41. The average molecular weight is 419 g/mol. The molecule has 0 atom stereocenters. The van der Waals surface area contributed by atoms with Crippen LogP contribution in [0.5, 0.6) is 10.9 Å². The molecule has 1 saturated heterocycles. The molecule has 28 heavy (non-hydrogen) atoms. The van der Waals surface area contributed by atoms with E-state index >= 15 is 0 Å². The van der Waals surface area contributed by atoms with Crippen LogP contribution in [0.15, 0.2) is 47.4 Å². The molecule has 4 rings (SSSR count). The van der Waals surface area contributed by atoms with Gasteiger partial charge in [-0.3, -0.25) is 0 Å². The predicted molar refractivity (Wildman–Crippen MR) is 110 cm³/mol. The van der Waals surface area contributed by atoms with E-state index < -0.39 is 10.0 Å². The molecule has 0 radical (unpaired) electrons. The van der Waals surface area contributed by atoms with Crippen molar-refractivity contribution in [1.29, 1.82) is 0 Å². The first kappa shape index (κ1) is 19.2. The van der Waals surface area contributed by atoms with E-state index in [2.05, 4.69) is 4.98 Å². The van der Waals surface area contributed by atoms with Gasteiger partial charge in [-0.15, -0.1) is 0 Å². The summed E-state index contributed by atoms with van der Waals surface area (Å²) < 4.78 is 39.6. The zero-order valence-corrected chi connectivity index (χ0v) is 17.4. The molecule has 3 aromatic rings. The van der Waals surface area contributed by atoms with Gasteiger partial charge in [0.15, 0.2) is 0 Å². The Hall–Kier alpha value is -2.16. The third-order valence-corrected chi connectivity index (χ3v) is 7.75. The van der Waals surface area contributed by atoms with Gasteiger partial charge in [0.25, 0.3) is 5.19 Å². The van der Waals surface area contributed by atoms with Crippen LogP contribution >= 0.6 is 11.3 Å². The minimum absolute atomic E-state index is 0.0300. The van der Waals surface area contributed by atoms with E-state index in [-0.39, 0.29) is 11.0 Å². The van der Waals surface area contributed by atoms with Gasteiger partial charge in [-0.25, -0.2) is 13.4 Å². The number of nitrogens with zero attached hydrogens (tertiary/aromatic N) is 2. The molecule has 1 fully saturated rings. The number of aryl methyl sites for hydroxylation is 1. The summed E-state index contributed by atoms with van der Waals surface area (Å²) in [7, 11) is -2.01. The normalized spacial score (nSPS) is 16.4. The van der Waals surface area contributed by atoms with Crippen molar-refractivity contribution >= 4 is 31.6 Å². The molecule has 148 valence electrons. The second kappa shape index (κ2) is 7.69. The maximum atomic E-state index is 12.9. The predicted octanol–water partition coefficient (Wildman–Crippen LogP) is 3.85. The van der Waals surface area contributed by atoms with E-state index in [9.17, 15) is 8.42 Å². The summed E-state index contributed by atoms with van der Waals surface area (Å²) in [4.78, 5) is 4.85. The fraction of sp³-hybridized carbons (Fsp3) is 0.350. The summed E-state index contributed by atoms with van der Waals surface area (Å²) in [5, 5.41) is 0.651. The smallest absolute Gasteiger partial charge is 0.274 e. The van der Waals surface area contributed by atoms with Crippen molar-refractivity contribution in [3.63, 3.8) is 0 Å². The molecule has 0 saturated carbocycles. The maximum Gasteiger partial charge on any atom is 0.274 e. The van der Waals surface area contributed by atoms with Crippen LogP contribution in [0.25, 0.3) is 10.2 Å². The minimum atomic E-state index is -3.53. The van der Waals surface area contributed by atoms with Gasteiger partial charge in [0.2, 0.25) is 10.0 Å². The number of thiazole rings is 1. The molecule has 2 heterocycles. The van der Waals surface area contributed by atoms with Crippen molar-refractivity contribution in [3.8, 4) is 10.9 Å². The lowest BCUT2D eigenvalue weighted by Gasteiger charge is -2.30. The Morgan fingerprint density at radius 1 is 1.14 bits per heavy atom. The second-order valence-electron chi connectivity index (χ2n) is 6.80. The van der Waals surface area contributed by atoms with E-state index in [0.717, 1.165) is 15.8 Å². The lowest BCUT2D eigenvalue weighted by molar-refractivity contribution is 0.135. The van der Waals surface area contributed by atoms with Crippen LogP contribution in [-0.2, 0) is 10.0 Å². The first-order valence-corrected chi connectivity index (χ1v) is 11.4. The highest BCUT2D eigenvalue weighted by Gasteiger charge is 2.30. The molecule has 6 nitrogen and oxygen atoms in total. The molecule has 0 amide bonds. The third-order valence-electron chi connectivity index (χ3n) is 4.95. The van der Waals surface area contributed by atoms with Crippen molar-refractivity contribution in [2.45, 2.75) is 30.8 Å². The molecule has 2 aromatic carbocycles. The summed E-state index contributed by atoms with van der Waals surface area (Å²) in [5.41, 5.74) is 2.10. The molecule has 0 spiro atoms. The topological polar surface area (TPSA) is 68.7 Å². The number of hydrogen-bond donors (Lipinski definition) is 0. The van der Waals surface area contributed by atoms with Crippen molar-refractivity contribution in [3.05, 3.63) is 48.0 Å². The van der Waals surface area contributed by atoms with E-state index in [1.54, 1.807) is 24.3 Å². The fourth-order valence-electron chi connectivity index (χ4n) is 3.36. The number of fused-ring (bicyclic) bond motifs is 1. The van der Waals surface area contributed by atoms with E-state index in [0.29, 0.717) is 36.9 Å². The van der Waals surface area contributed by atoms with Crippen LogP contribution in [0, 0.1) is 6.92 Å². The Morgan fingerprint density at radius 3 is 2.61 bits per heavy atom. The van der Waals surface area contributed by atoms with Gasteiger partial charge in [-0.05, 0) is 43.5 Å². The molecule has 8 heteroatoms. The number of sulfonamides is 1. The largest absolute Gasteiger partial charge is 0.497 e. The minimum Gasteiger partial charge on any atom is -0.497 e. The summed E-state index contributed by atoms with van der Waals surface area (Å²) in [5.74, 6) is 0.533. The van der Waals surface area contributed by atoms with Gasteiger partial charge in [-0.2, -0.15) is 4.31 Å². The van der Waals surface area contributed by atoms with Crippen molar-refractivity contribution < 1.29 is 17.9 Å². The van der Waals surface area contributed by atoms with Gasteiger partial charge < -0.3 is 9.47 Å². The molecule has 0 unspecified atom stereocenters. The molecule has 0 N–H and O–H groups in total. The highest BCUT2D eigenvalue weighted by molar-refractivity contribution is 7.89. The standard InChI is InChI=1S/C20H22N2O4S2/c1-14-5-3-8-18-19(14)21-20(27-18)26-15-9-11-22(12-10-15)28(23,24)17-7-4-6-16(13-17)25-2/h3-8,13,15H,9-12H2,1-2H3. The fourth-order valence-corrected chi connectivity index (χ4v) is 5.82. The molecular weight excluding hydrogens is 396 g/mol. The van der Waals surface area contributed by atoms with Gasteiger partial charge in [0.1, 0.15) is 11.9 Å². The van der Waals surface area contributed by atoms with Gasteiger partial charge >= 0.3 is 0 Å². The lowest BCUT2D eigenvalue weighted by atomic mass is 10.1. The first-order chi connectivity index (χ1) is 13.5. The summed E-state index contributed by atoms with van der Waals surface area (Å²) >= 11 is 1.53. The maximum absolute atomic E-state index is 12.9. The van der Waals surface area contributed by atoms with Crippen LogP contribution in [0.4, 0.5) is 0 Å². The molecule has 0 aliphatic carbocycles. The van der Waals surface area contributed by atoms with Crippen LogP contribution in [0.1, 0.15) is 18.4 Å².